The highest BCUT2D eigenvalue weighted by molar-refractivity contribution is 6.04. The standard InChI is InChI=1S/C15H13N3O2/c19-7-2-1-4-12-5-3-6-13(8-12)15(20)18-14-9-16-11-17-10-14/h3,5-6,8-11,19H,2,7H2,(H,18,20). The van der Waals surface area contributed by atoms with Gasteiger partial charge in [-0.3, -0.25) is 4.79 Å². The number of nitrogens with zero attached hydrogens (tertiary/aromatic N) is 2. The smallest absolute Gasteiger partial charge is 0.255 e. The number of carbonyl (C=O) groups is 1. The molecule has 5 nitrogen and oxygen atoms in total. The fourth-order valence-electron chi connectivity index (χ4n) is 1.53. The minimum absolute atomic E-state index is 0.0290. The number of benzene rings is 1. The lowest BCUT2D eigenvalue weighted by atomic mass is 10.1. The van der Waals surface area contributed by atoms with Crippen molar-refractivity contribution in [3.05, 3.63) is 54.1 Å². The molecule has 0 saturated heterocycles. The quantitative estimate of drug-likeness (QED) is 0.826. The van der Waals surface area contributed by atoms with Crippen LogP contribution in [0.1, 0.15) is 22.3 Å². The number of hydrogen-bond acceptors (Lipinski definition) is 4. The third-order valence-corrected chi connectivity index (χ3v) is 2.41. The average Bonchev–Trinajstić information content (AvgIpc) is 2.49. The van der Waals surface area contributed by atoms with Gasteiger partial charge in [-0.2, -0.15) is 0 Å². The fraction of sp³-hybridized carbons (Fsp3) is 0.133. The number of aliphatic hydroxyl groups excluding tert-OH is 1. The number of anilines is 1. The SMILES string of the molecule is O=C(Nc1cncnc1)c1cccc(C#CCCO)c1. The first kappa shape index (κ1) is 13.7. The summed E-state index contributed by atoms with van der Waals surface area (Å²) in [6.07, 6.45) is 4.86. The molecule has 0 atom stereocenters. The molecule has 0 aliphatic heterocycles. The van der Waals surface area contributed by atoms with Gasteiger partial charge in [-0.1, -0.05) is 17.9 Å². The Hall–Kier alpha value is -2.71. The summed E-state index contributed by atoms with van der Waals surface area (Å²) in [7, 11) is 0. The molecule has 0 fully saturated rings. The molecule has 0 aliphatic rings. The van der Waals surface area contributed by atoms with E-state index >= 15 is 0 Å². The minimum atomic E-state index is -0.245. The van der Waals surface area contributed by atoms with E-state index in [0.717, 1.165) is 5.56 Å². The zero-order chi connectivity index (χ0) is 14.2. The highest BCUT2D eigenvalue weighted by Gasteiger charge is 2.06. The monoisotopic (exact) mass is 267 g/mol. The van der Waals surface area contributed by atoms with Gasteiger partial charge in [-0.25, -0.2) is 9.97 Å². The Morgan fingerprint density at radius 3 is 2.85 bits per heavy atom. The Kier molecular flexibility index (Phi) is 4.81. The van der Waals surface area contributed by atoms with Gasteiger partial charge in [0.1, 0.15) is 6.33 Å². The predicted molar refractivity (Wildman–Crippen MR) is 75.0 cm³/mol. The van der Waals surface area contributed by atoms with E-state index in [0.29, 0.717) is 17.7 Å². The van der Waals surface area contributed by atoms with Gasteiger partial charge in [-0.15, -0.1) is 0 Å². The van der Waals surface area contributed by atoms with Crippen molar-refractivity contribution in [3.8, 4) is 11.8 Å². The maximum Gasteiger partial charge on any atom is 0.255 e. The van der Waals surface area contributed by atoms with E-state index < -0.39 is 0 Å². The van der Waals surface area contributed by atoms with Crippen LogP contribution in [-0.2, 0) is 0 Å². The molecule has 2 rings (SSSR count). The number of nitrogens with one attached hydrogen (secondary N) is 1. The van der Waals surface area contributed by atoms with Gasteiger partial charge in [-0.05, 0) is 18.2 Å². The number of rotatable bonds is 3. The molecule has 1 aromatic heterocycles. The maximum absolute atomic E-state index is 12.0. The van der Waals surface area contributed by atoms with Crippen molar-refractivity contribution in [1.29, 1.82) is 0 Å². The van der Waals surface area contributed by atoms with Crippen LogP contribution >= 0.6 is 0 Å². The van der Waals surface area contributed by atoms with Crippen LogP contribution in [0, 0.1) is 11.8 Å². The molecular weight excluding hydrogens is 254 g/mol. The second-order valence-corrected chi connectivity index (χ2v) is 3.94. The van der Waals surface area contributed by atoms with E-state index in [1.54, 1.807) is 18.2 Å². The number of carbonyl (C=O) groups excluding carboxylic acids is 1. The summed E-state index contributed by atoms with van der Waals surface area (Å²) in [6.45, 7) is 0.0290. The Morgan fingerprint density at radius 1 is 1.30 bits per heavy atom. The average molecular weight is 267 g/mol. The third kappa shape index (κ3) is 3.90. The van der Waals surface area contributed by atoms with Gasteiger partial charge in [0.05, 0.1) is 24.7 Å². The minimum Gasteiger partial charge on any atom is -0.395 e. The number of hydrogen-bond donors (Lipinski definition) is 2. The summed E-state index contributed by atoms with van der Waals surface area (Å²) in [4.78, 5) is 19.7. The molecule has 20 heavy (non-hydrogen) atoms. The molecule has 1 aromatic carbocycles. The Bertz CT molecular complexity index is 645. The summed E-state index contributed by atoms with van der Waals surface area (Å²) >= 11 is 0. The lowest BCUT2D eigenvalue weighted by Crippen LogP contribution is -2.12. The maximum atomic E-state index is 12.0. The van der Waals surface area contributed by atoms with Crippen molar-refractivity contribution >= 4 is 11.6 Å². The lowest BCUT2D eigenvalue weighted by Gasteiger charge is -2.04. The van der Waals surface area contributed by atoms with E-state index in [9.17, 15) is 4.79 Å². The summed E-state index contributed by atoms with van der Waals surface area (Å²) in [5, 5.41) is 11.4. The molecule has 0 aliphatic carbocycles. The molecule has 0 unspecified atom stereocenters. The molecule has 2 aromatic rings. The Labute approximate surface area is 116 Å². The van der Waals surface area contributed by atoms with E-state index in [2.05, 4.69) is 27.1 Å². The first-order chi connectivity index (χ1) is 9.79. The first-order valence-electron chi connectivity index (χ1n) is 6.06. The molecule has 0 bridgehead atoms. The van der Waals surface area contributed by atoms with Crippen LogP contribution in [0.15, 0.2) is 43.0 Å². The molecule has 2 N–H and O–H groups in total. The number of aliphatic hydroxyl groups is 1. The van der Waals surface area contributed by atoms with Crippen molar-refractivity contribution in [2.45, 2.75) is 6.42 Å². The van der Waals surface area contributed by atoms with Crippen molar-refractivity contribution in [2.24, 2.45) is 0 Å². The highest BCUT2D eigenvalue weighted by atomic mass is 16.2. The molecule has 5 heteroatoms. The molecular formula is C15H13N3O2. The van der Waals surface area contributed by atoms with Crippen LogP contribution < -0.4 is 5.32 Å². The molecule has 1 heterocycles. The zero-order valence-corrected chi connectivity index (χ0v) is 10.7. The number of aromatic nitrogens is 2. The zero-order valence-electron chi connectivity index (χ0n) is 10.7. The lowest BCUT2D eigenvalue weighted by molar-refractivity contribution is 0.102. The summed E-state index contributed by atoms with van der Waals surface area (Å²) in [5.74, 6) is 5.46. The fourth-order valence-corrected chi connectivity index (χ4v) is 1.53. The molecule has 100 valence electrons. The third-order valence-electron chi connectivity index (χ3n) is 2.41. The number of amides is 1. The van der Waals surface area contributed by atoms with E-state index in [4.69, 9.17) is 5.11 Å². The van der Waals surface area contributed by atoms with Crippen LogP contribution in [-0.4, -0.2) is 27.6 Å². The summed E-state index contributed by atoms with van der Waals surface area (Å²) in [6, 6.07) is 6.98. The molecule has 0 spiro atoms. The van der Waals surface area contributed by atoms with Gasteiger partial charge in [0.25, 0.3) is 5.91 Å². The normalized spacial score (nSPS) is 9.45. The van der Waals surface area contributed by atoms with Gasteiger partial charge in [0.2, 0.25) is 0 Å². The molecule has 0 saturated carbocycles. The Balaban J connectivity index is 2.11. The van der Waals surface area contributed by atoms with Gasteiger partial charge in [0, 0.05) is 17.5 Å². The van der Waals surface area contributed by atoms with Gasteiger partial charge >= 0.3 is 0 Å². The first-order valence-corrected chi connectivity index (χ1v) is 6.06. The van der Waals surface area contributed by atoms with E-state index in [1.165, 1.54) is 18.7 Å². The van der Waals surface area contributed by atoms with E-state index in [-0.39, 0.29) is 12.5 Å². The predicted octanol–water partition coefficient (Wildman–Crippen LogP) is 1.46. The van der Waals surface area contributed by atoms with Crippen molar-refractivity contribution in [2.75, 3.05) is 11.9 Å². The Morgan fingerprint density at radius 2 is 2.10 bits per heavy atom. The van der Waals surface area contributed by atoms with Gasteiger partial charge in [0.15, 0.2) is 0 Å². The molecule has 0 radical (unpaired) electrons. The van der Waals surface area contributed by atoms with Crippen LogP contribution in [0.25, 0.3) is 0 Å². The van der Waals surface area contributed by atoms with Crippen molar-refractivity contribution in [3.63, 3.8) is 0 Å². The topological polar surface area (TPSA) is 75.1 Å². The molecule has 1 amide bonds. The second-order valence-electron chi connectivity index (χ2n) is 3.94. The van der Waals surface area contributed by atoms with Gasteiger partial charge < -0.3 is 10.4 Å². The second kappa shape index (κ2) is 7.02. The van der Waals surface area contributed by atoms with Crippen LogP contribution in [0.4, 0.5) is 5.69 Å². The largest absolute Gasteiger partial charge is 0.395 e. The van der Waals surface area contributed by atoms with Crippen molar-refractivity contribution < 1.29 is 9.90 Å². The van der Waals surface area contributed by atoms with Crippen LogP contribution in [0.2, 0.25) is 0 Å². The van der Waals surface area contributed by atoms with Crippen LogP contribution in [0.5, 0.6) is 0 Å². The van der Waals surface area contributed by atoms with Crippen LogP contribution in [0.3, 0.4) is 0 Å². The van der Waals surface area contributed by atoms with Crippen molar-refractivity contribution in [1.82, 2.24) is 9.97 Å². The van der Waals surface area contributed by atoms with E-state index in [1.807, 2.05) is 6.07 Å². The summed E-state index contributed by atoms with van der Waals surface area (Å²) < 4.78 is 0. The summed E-state index contributed by atoms with van der Waals surface area (Å²) in [5.41, 5.74) is 1.77. The highest BCUT2D eigenvalue weighted by Crippen LogP contribution is 2.08.